The maximum absolute atomic E-state index is 11.7. The molecule has 0 spiro atoms. The third-order valence-corrected chi connectivity index (χ3v) is 4.21. The van der Waals surface area contributed by atoms with Crippen LogP contribution in [0.1, 0.15) is 30.9 Å². The van der Waals surface area contributed by atoms with Crippen LogP contribution in [0.15, 0.2) is 12.1 Å². The maximum atomic E-state index is 11.7. The van der Waals surface area contributed by atoms with Gasteiger partial charge in [0.15, 0.2) is 11.5 Å². The first-order valence-corrected chi connectivity index (χ1v) is 7.60. The van der Waals surface area contributed by atoms with Crippen LogP contribution in [0.4, 0.5) is 0 Å². The van der Waals surface area contributed by atoms with E-state index in [1.807, 2.05) is 4.90 Å². The summed E-state index contributed by atoms with van der Waals surface area (Å²) in [6.07, 6.45) is 3.22. The molecule has 114 valence electrons. The van der Waals surface area contributed by atoms with Crippen LogP contribution in [0.3, 0.4) is 0 Å². The molecule has 1 aromatic carbocycles. The lowest BCUT2D eigenvalue weighted by molar-refractivity contribution is -0.144. The normalized spacial score (nSPS) is 20.0. The van der Waals surface area contributed by atoms with E-state index < -0.39 is 12.0 Å². The molecule has 0 amide bonds. The van der Waals surface area contributed by atoms with Gasteiger partial charge in [0.25, 0.3) is 0 Å². The summed E-state index contributed by atoms with van der Waals surface area (Å²) in [5.41, 5.74) is 0.652. The Hall–Kier alpha value is -1.46. The zero-order valence-electron chi connectivity index (χ0n) is 11.7. The van der Waals surface area contributed by atoms with Crippen molar-refractivity contribution in [3.63, 3.8) is 0 Å². The second-order valence-corrected chi connectivity index (χ2v) is 5.77. The summed E-state index contributed by atoms with van der Waals surface area (Å²) in [6, 6.07) is 2.74. The number of hydrogen-bond donors (Lipinski definition) is 1. The van der Waals surface area contributed by atoms with Crippen molar-refractivity contribution in [1.29, 1.82) is 0 Å². The van der Waals surface area contributed by atoms with Gasteiger partial charge in [-0.2, -0.15) is 0 Å². The van der Waals surface area contributed by atoms with Gasteiger partial charge in [0.1, 0.15) is 19.3 Å². The molecule has 0 aromatic heterocycles. The van der Waals surface area contributed by atoms with Crippen LogP contribution in [-0.2, 0) is 4.79 Å². The van der Waals surface area contributed by atoms with Gasteiger partial charge in [-0.05, 0) is 43.6 Å². The molecule has 0 aliphatic carbocycles. The van der Waals surface area contributed by atoms with Crippen molar-refractivity contribution >= 4 is 17.6 Å². The van der Waals surface area contributed by atoms with Crippen molar-refractivity contribution in [1.82, 2.24) is 4.90 Å². The molecule has 2 heterocycles. The lowest BCUT2D eigenvalue weighted by Crippen LogP contribution is -2.38. The van der Waals surface area contributed by atoms with Crippen molar-refractivity contribution < 1.29 is 19.4 Å². The van der Waals surface area contributed by atoms with E-state index in [9.17, 15) is 9.90 Å². The van der Waals surface area contributed by atoms with Gasteiger partial charge in [0, 0.05) is 0 Å². The topological polar surface area (TPSA) is 59.0 Å². The first kappa shape index (κ1) is 14.5. The lowest BCUT2D eigenvalue weighted by atomic mass is 10.0. The van der Waals surface area contributed by atoms with Crippen molar-refractivity contribution in [2.75, 3.05) is 26.3 Å². The first-order valence-electron chi connectivity index (χ1n) is 7.23. The number of ether oxygens (including phenoxy) is 2. The van der Waals surface area contributed by atoms with E-state index in [4.69, 9.17) is 21.1 Å². The van der Waals surface area contributed by atoms with Gasteiger partial charge in [-0.1, -0.05) is 18.0 Å². The van der Waals surface area contributed by atoms with Crippen molar-refractivity contribution in [2.45, 2.75) is 25.3 Å². The molecule has 1 fully saturated rings. The molecule has 0 bridgehead atoms. The van der Waals surface area contributed by atoms with Crippen LogP contribution in [0, 0.1) is 0 Å². The lowest BCUT2D eigenvalue weighted by Gasteiger charge is -2.32. The highest BCUT2D eigenvalue weighted by atomic mass is 35.5. The predicted molar refractivity (Wildman–Crippen MR) is 78.2 cm³/mol. The number of carboxylic acid groups (broad SMARTS) is 1. The van der Waals surface area contributed by atoms with E-state index in [1.54, 1.807) is 12.1 Å². The Bertz CT molecular complexity index is 543. The average Bonchev–Trinajstić information content (AvgIpc) is 2.48. The Morgan fingerprint density at radius 2 is 1.90 bits per heavy atom. The molecule has 2 aliphatic rings. The molecule has 6 heteroatoms. The zero-order chi connectivity index (χ0) is 14.8. The number of halogens is 1. The summed E-state index contributed by atoms with van der Waals surface area (Å²) < 4.78 is 11.0. The zero-order valence-corrected chi connectivity index (χ0v) is 12.4. The number of benzene rings is 1. The number of rotatable bonds is 3. The van der Waals surface area contributed by atoms with Gasteiger partial charge in [-0.3, -0.25) is 9.69 Å². The van der Waals surface area contributed by atoms with Gasteiger partial charge in [0.05, 0.1) is 5.02 Å². The van der Waals surface area contributed by atoms with Gasteiger partial charge in [-0.25, -0.2) is 0 Å². The van der Waals surface area contributed by atoms with E-state index in [0.29, 0.717) is 35.3 Å². The molecule has 1 atom stereocenters. The molecular weight excluding hydrogens is 294 g/mol. The smallest absolute Gasteiger partial charge is 0.325 e. The van der Waals surface area contributed by atoms with Crippen LogP contribution in [0.2, 0.25) is 5.02 Å². The van der Waals surface area contributed by atoms with Gasteiger partial charge in [-0.15, -0.1) is 0 Å². The summed E-state index contributed by atoms with van der Waals surface area (Å²) in [5, 5.41) is 10.0. The molecular formula is C15H18ClNO4. The molecule has 1 N–H and O–H groups in total. The number of nitrogens with zero attached hydrogens (tertiary/aromatic N) is 1. The van der Waals surface area contributed by atoms with Gasteiger partial charge >= 0.3 is 5.97 Å². The summed E-state index contributed by atoms with van der Waals surface area (Å²) in [6.45, 7) is 2.50. The largest absolute Gasteiger partial charge is 0.486 e. The predicted octanol–water partition coefficient (Wildman–Crippen LogP) is 2.72. The Balaban J connectivity index is 1.95. The van der Waals surface area contributed by atoms with E-state index in [1.165, 1.54) is 0 Å². The standard InChI is InChI=1S/C15H18ClNO4/c16-11-8-10(9-12-14(11)21-7-6-20-12)13(15(18)19)17-4-2-1-3-5-17/h8-9,13H,1-7H2,(H,18,19). The fourth-order valence-electron chi connectivity index (χ4n) is 2.97. The molecule has 0 saturated carbocycles. The number of carbonyl (C=O) groups is 1. The second-order valence-electron chi connectivity index (χ2n) is 5.36. The SMILES string of the molecule is O=C(O)C(c1cc(Cl)c2c(c1)OCCO2)N1CCCCC1. The number of piperidine rings is 1. The van der Waals surface area contributed by atoms with Crippen LogP contribution in [0.5, 0.6) is 11.5 Å². The molecule has 0 radical (unpaired) electrons. The number of likely N-dealkylation sites (tertiary alicyclic amines) is 1. The van der Waals surface area contributed by atoms with Crippen molar-refractivity contribution in [3.8, 4) is 11.5 Å². The summed E-state index contributed by atoms with van der Waals surface area (Å²) in [4.78, 5) is 13.7. The highest BCUT2D eigenvalue weighted by Crippen LogP contribution is 2.41. The maximum Gasteiger partial charge on any atom is 0.325 e. The summed E-state index contributed by atoms with van der Waals surface area (Å²) in [7, 11) is 0. The monoisotopic (exact) mass is 311 g/mol. The number of carboxylic acids is 1. The summed E-state index contributed by atoms with van der Waals surface area (Å²) in [5.74, 6) is 0.186. The molecule has 3 rings (SSSR count). The summed E-state index contributed by atoms with van der Waals surface area (Å²) >= 11 is 6.22. The van der Waals surface area contributed by atoms with Crippen molar-refractivity contribution in [3.05, 3.63) is 22.7 Å². The van der Waals surface area contributed by atoms with E-state index >= 15 is 0 Å². The average molecular weight is 312 g/mol. The Morgan fingerprint density at radius 3 is 2.62 bits per heavy atom. The number of fused-ring (bicyclic) bond motifs is 1. The minimum Gasteiger partial charge on any atom is -0.486 e. The number of aliphatic carboxylic acids is 1. The minimum atomic E-state index is -0.857. The Kier molecular flexibility index (Phi) is 4.22. The molecule has 1 aromatic rings. The van der Waals surface area contributed by atoms with Crippen molar-refractivity contribution in [2.24, 2.45) is 0 Å². The third kappa shape index (κ3) is 2.94. The van der Waals surface area contributed by atoms with E-state index in [0.717, 1.165) is 32.4 Å². The fraction of sp³-hybridized carbons (Fsp3) is 0.533. The molecule has 2 aliphatic heterocycles. The van der Waals surface area contributed by atoms with E-state index in [-0.39, 0.29) is 0 Å². The highest BCUT2D eigenvalue weighted by molar-refractivity contribution is 6.32. The third-order valence-electron chi connectivity index (χ3n) is 3.92. The number of hydrogen-bond acceptors (Lipinski definition) is 4. The van der Waals surface area contributed by atoms with Gasteiger partial charge in [0.2, 0.25) is 0 Å². The highest BCUT2D eigenvalue weighted by Gasteiger charge is 2.30. The molecule has 1 saturated heterocycles. The Labute approximate surface area is 128 Å². The van der Waals surface area contributed by atoms with Crippen LogP contribution < -0.4 is 9.47 Å². The molecule has 5 nitrogen and oxygen atoms in total. The second kappa shape index (κ2) is 6.12. The first-order chi connectivity index (χ1) is 10.2. The van der Waals surface area contributed by atoms with Crippen LogP contribution in [0.25, 0.3) is 0 Å². The minimum absolute atomic E-state index is 0.408. The quantitative estimate of drug-likeness (QED) is 0.930. The Morgan fingerprint density at radius 1 is 1.19 bits per heavy atom. The van der Waals surface area contributed by atoms with Crippen LogP contribution in [-0.4, -0.2) is 42.3 Å². The van der Waals surface area contributed by atoms with Crippen LogP contribution >= 0.6 is 11.6 Å². The molecule has 21 heavy (non-hydrogen) atoms. The van der Waals surface area contributed by atoms with Gasteiger partial charge < -0.3 is 14.6 Å². The van der Waals surface area contributed by atoms with E-state index in [2.05, 4.69) is 0 Å². The fourth-order valence-corrected chi connectivity index (χ4v) is 3.25. The molecule has 1 unspecified atom stereocenters.